The van der Waals surface area contributed by atoms with Crippen LogP contribution in [0.15, 0.2) is 12.1 Å². The number of carbonyl (C=O) groups is 1. The highest BCUT2D eigenvalue weighted by Crippen LogP contribution is 2.37. The number of amides is 1. The van der Waals surface area contributed by atoms with Crippen LogP contribution in [0.1, 0.15) is 56.8 Å². The molecule has 26 heavy (non-hydrogen) atoms. The van der Waals surface area contributed by atoms with Crippen molar-refractivity contribution in [3.05, 3.63) is 22.7 Å². The van der Waals surface area contributed by atoms with Gasteiger partial charge < -0.3 is 20.1 Å². The first-order valence-corrected chi connectivity index (χ1v) is 9.53. The van der Waals surface area contributed by atoms with Gasteiger partial charge in [-0.1, -0.05) is 18.5 Å². The van der Waals surface area contributed by atoms with Gasteiger partial charge in [-0.05, 0) is 51.7 Å². The van der Waals surface area contributed by atoms with E-state index in [4.69, 9.17) is 26.8 Å². The monoisotopic (exact) mass is 404 g/mol. The second-order valence-electron chi connectivity index (χ2n) is 6.49. The van der Waals surface area contributed by atoms with Crippen molar-refractivity contribution in [1.82, 2.24) is 4.90 Å². The number of halogens is 2. The van der Waals surface area contributed by atoms with Crippen molar-refractivity contribution in [2.24, 2.45) is 5.73 Å². The quantitative estimate of drug-likeness (QED) is 0.735. The summed E-state index contributed by atoms with van der Waals surface area (Å²) in [6.45, 7) is 7.62. The Morgan fingerprint density at radius 2 is 2.08 bits per heavy atom. The highest BCUT2D eigenvalue weighted by atomic mass is 35.5. The Balaban J connectivity index is 0.00000338. The lowest BCUT2D eigenvalue weighted by Crippen LogP contribution is -2.51. The number of hydrogen-bond acceptors (Lipinski definition) is 4. The molecule has 1 aliphatic heterocycles. The molecule has 0 spiro atoms. The van der Waals surface area contributed by atoms with Crippen LogP contribution in [-0.4, -0.2) is 42.6 Å². The van der Waals surface area contributed by atoms with Gasteiger partial charge in [0.2, 0.25) is 0 Å². The van der Waals surface area contributed by atoms with Crippen LogP contribution in [0.4, 0.5) is 0 Å². The summed E-state index contributed by atoms with van der Waals surface area (Å²) in [5, 5.41) is 0.400. The van der Waals surface area contributed by atoms with E-state index in [1.807, 2.05) is 25.7 Å². The lowest BCUT2D eigenvalue weighted by Gasteiger charge is -2.38. The normalized spacial score (nSPS) is 18.0. The van der Waals surface area contributed by atoms with E-state index in [0.717, 1.165) is 32.2 Å². The molecule has 1 saturated heterocycles. The minimum atomic E-state index is -0.0572. The van der Waals surface area contributed by atoms with Crippen molar-refractivity contribution in [2.45, 2.75) is 58.5 Å². The molecule has 1 aliphatic rings. The molecule has 1 aromatic carbocycles. The van der Waals surface area contributed by atoms with Gasteiger partial charge in [0.25, 0.3) is 5.91 Å². The van der Waals surface area contributed by atoms with Crippen LogP contribution in [0.3, 0.4) is 0 Å². The summed E-state index contributed by atoms with van der Waals surface area (Å²) in [6, 6.07) is 3.41. The van der Waals surface area contributed by atoms with Gasteiger partial charge >= 0.3 is 0 Å². The Labute approximate surface area is 167 Å². The third-order valence-electron chi connectivity index (χ3n) is 4.42. The van der Waals surface area contributed by atoms with Gasteiger partial charge in [-0.15, -0.1) is 12.4 Å². The van der Waals surface area contributed by atoms with Gasteiger partial charge in [-0.3, -0.25) is 4.79 Å². The molecule has 5 nitrogen and oxygen atoms in total. The van der Waals surface area contributed by atoms with E-state index in [1.165, 1.54) is 0 Å². The number of nitrogens with two attached hydrogens (primary N) is 1. The maximum Gasteiger partial charge on any atom is 0.254 e. The Kier molecular flexibility index (Phi) is 9.55. The lowest BCUT2D eigenvalue weighted by molar-refractivity contribution is 0.0583. The molecular formula is C19H30Cl2N2O3. The first-order valence-electron chi connectivity index (χ1n) is 9.15. The first kappa shape index (κ1) is 22.9. The fourth-order valence-electron chi connectivity index (χ4n) is 3.22. The molecule has 1 fully saturated rings. The van der Waals surface area contributed by atoms with Crippen molar-refractivity contribution >= 4 is 29.9 Å². The molecule has 1 amide bonds. The van der Waals surface area contributed by atoms with E-state index in [2.05, 4.69) is 0 Å². The number of hydrogen-bond donors (Lipinski definition) is 1. The lowest BCUT2D eigenvalue weighted by atomic mass is 9.96. The van der Waals surface area contributed by atoms with Crippen molar-refractivity contribution in [3.63, 3.8) is 0 Å². The third kappa shape index (κ3) is 5.41. The van der Waals surface area contributed by atoms with Crippen LogP contribution in [0, 0.1) is 0 Å². The smallest absolute Gasteiger partial charge is 0.254 e. The Hall–Kier alpha value is -1.17. The van der Waals surface area contributed by atoms with Crippen molar-refractivity contribution in [3.8, 4) is 11.5 Å². The maximum absolute atomic E-state index is 13.1. The minimum Gasteiger partial charge on any atom is -0.490 e. The van der Waals surface area contributed by atoms with Gasteiger partial charge in [-0.25, -0.2) is 0 Å². The molecule has 1 heterocycles. The van der Waals surface area contributed by atoms with Crippen LogP contribution in [-0.2, 0) is 0 Å². The third-order valence-corrected chi connectivity index (χ3v) is 4.70. The summed E-state index contributed by atoms with van der Waals surface area (Å²) in [5.74, 6) is 0.970. The zero-order valence-corrected chi connectivity index (χ0v) is 17.4. The average molecular weight is 405 g/mol. The van der Waals surface area contributed by atoms with E-state index < -0.39 is 0 Å². The number of likely N-dealkylation sites (tertiary alicyclic amines) is 1. The largest absolute Gasteiger partial charge is 0.490 e. The second-order valence-corrected chi connectivity index (χ2v) is 6.89. The zero-order chi connectivity index (χ0) is 18.4. The summed E-state index contributed by atoms with van der Waals surface area (Å²) >= 11 is 6.39. The Morgan fingerprint density at radius 3 is 2.69 bits per heavy atom. The van der Waals surface area contributed by atoms with Crippen molar-refractivity contribution in [1.29, 1.82) is 0 Å². The number of nitrogens with zero attached hydrogens (tertiary/aromatic N) is 1. The molecule has 1 aromatic rings. The molecule has 2 N–H and O–H groups in total. The summed E-state index contributed by atoms with van der Waals surface area (Å²) in [7, 11) is 0. The van der Waals surface area contributed by atoms with Gasteiger partial charge in [0.05, 0.1) is 18.2 Å². The highest BCUT2D eigenvalue weighted by Gasteiger charge is 2.30. The van der Waals surface area contributed by atoms with Crippen LogP contribution in [0.2, 0.25) is 5.02 Å². The van der Waals surface area contributed by atoms with Crippen LogP contribution in [0.5, 0.6) is 11.5 Å². The molecular weight excluding hydrogens is 375 g/mol. The SMILES string of the molecule is CCCOc1c(Cl)cc(C(=O)N2CCCCC2C(C)N)cc1OCC.Cl. The molecule has 2 atom stereocenters. The average Bonchev–Trinajstić information content (AvgIpc) is 2.60. The number of benzene rings is 1. The maximum atomic E-state index is 13.1. The van der Waals surface area contributed by atoms with E-state index >= 15 is 0 Å². The topological polar surface area (TPSA) is 64.8 Å². The van der Waals surface area contributed by atoms with E-state index in [0.29, 0.717) is 35.3 Å². The van der Waals surface area contributed by atoms with E-state index in [9.17, 15) is 4.79 Å². The Bertz CT molecular complexity index is 596. The van der Waals surface area contributed by atoms with Gasteiger partial charge in [0.1, 0.15) is 0 Å². The molecule has 0 bridgehead atoms. The number of ether oxygens (including phenoxy) is 2. The number of carbonyl (C=O) groups excluding carboxylic acids is 1. The minimum absolute atomic E-state index is 0. The molecule has 2 unspecified atom stereocenters. The number of piperidine rings is 1. The number of rotatable bonds is 7. The fraction of sp³-hybridized carbons (Fsp3) is 0.632. The zero-order valence-electron chi connectivity index (χ0n) is 15.8. The summed E-state index contributed by atoms with van der Waals surface area (Å²) in [6.07, 6.45) is 3.91. The van der Waals surface area contributed by atoms with Crippen molar-refractivity contribution in [2.75, 3.05) is 19.8 Å². The molecule has 0 saturated carbocycles. The van der Waals surface area contributed by atoms with Crippen LogP contribution in [0.25, 0.3) is 0 Å². The standard InChI is InChI=1S/C19H29ClN2O3.ClH/c1-4-10-25-18-15(20)11-14(12-17(18)24-5-2)19(23)22-9-7-6-8-16(22)13(3)21;/h11-13,16H,4-10,21H2,1-3H3;1H. The van der Waals surface area contributed by atoms with Crippen LogP contribution >= 0.6 is 24.0 Å². The van der Waals surface area contributed by atoms with Crippen LogP contribution < -0.4 is 15.2 Å². The second kappa shape index (κ2) is 10.9. The fourth-order valence-corrected chi connectivity index (χ4v) is 3.49. The van der Waals surface area contributed by atoms with Crippen molar-refractivity contribution < 1.29 is 14.3 Å². The molecule has 0 aliphatic carbocycles. The highest BCUT2D eigenvalue weighted by molar-refractivity contribution is 6.32. The van der Waals surface area contributed by atoms with Gasteiger partial charge in [0.15, 0.2) is 11.5 Å². The predicted molar refractivity (Wildman–Crippen MR) is 108 cm³/mol. The summed E-state index contributed by atoms with van der Waals surface area (Å²) < 4.78 is 11.4. The van der Waals surface area contributed by atoms with Gasteiger partial charge in [-0.2, -0.15) is 0 Å². The molecule has 2 rings (SSSR count). The van der Waals surface area contributed by atoms with E-state index in [-0.39, 0.29) is 30.4 Å². The van der Waals surface area contributed by atoms with E-state index in [1.54, 1.807) is 12.1 Å². The summed E-state index contributed by atoms with van der Waals surface area (Å²) in [5.41, 5.74) is 6.61. The van der Waals surface area contributed by atoms with Gasteiger partial charge in [0, 0.05) is 24.2 Å². The Morgan fingerprint density at radius 1 is 1.35 bits per heavy atom. The first-order chi connectivity index (χ1) is 12.0. The predicted octanol–water partition coefficient (Wildman–Crippen LogP) is 4.29. The summed E-state index contributed by atoms with van der Waals surface area (Å²) in [4.78, 5) is 14.9. The molecule has 0 radical (unpaired) electrons. The molecule has 148 valence electrons. The molecule has 0 aromatic heterocycles. The molecule has 7 heteroatoms.